The van der Waals surface area contributed by atoms with E-state index >= 15 is 0 Å². The summed E-state index contributed by atoms with van der Waals surface area (Å²) in [6, 6.07) is 7.92. The summed E-state index contributed by atoms with van der Waals surface area (Å²) >= 11 is 0. The summed E-state index contributed by atoms with van der Waals surface area (Å²) in [5.74, 6) is 1.35. The van der Waals surface area contributed by atoms with Crippen LogP contribution in [0.1, 0.15) is 11.3 Å². The standard InChI is InChI=1S/C14H17N5O/c1-9-12-13(18(2)17-9)19(14(15)16-12)8-10-4-6-11(20-3)7-5-10/h4-7H,8H2,1-3H3,(H2,15,16). The van der Waals surface area contributed by atoms with Crippen LogP contribution >= 0.6 is 0 Å². The first-order valence-electron chi connectivity index (χ1n) is 6.38. The molecular formula is C14H17N5O. The van der Waals surface area contributed by atoms with E-state index < -0.39 is 0 Å². The highest BCUT2D eigenvalue weighted by Gasteiger charge is 2.15. The van der Waals surface area contributed by atoms with Crippen molar-refractivity contribution in [2.24, 2.45) is 7.05 Å². The van der Waals surface area contributed by atoms with Crippen molar-refractivity contribution in [2.75, 3.05) is 12.8 Å². The van der Waals surface area contributed by atoms with Crippen molar-refractivity contribution in [1.29, 1.82) is 0 Å². The number of ether oxygens (including phenoxy) is 1. The number of benzene rings is 1. The minimum Gasteiger partial charge on any atom is -0.497 e. The van der Waals surface area contributed by atoms with E-state index in [1.807, 2.05) is 47.5 Å². The minimum atomic E-state index is 0.506. The number of aryl methyl sites for hydroxylation is 2. The van der Waals surface area contributed by atoms with Crippen molar-refractivity contribution in [3.63, 3.8) is 0 Å². The molecule has 0 radical (unpaired) electrons. The Morgan fingerprint density at radius 2 is 1.95 bits per heavy atom. The van der Waals surface area contributed by atoms with E-state index in [-0.39, 0.29) is 0 Å². The van der Waals surface area contributed by atoms with Crippen LogP contribution in [0.5, 0.6) is 5.75 Å². The summed E-state index contributed by atoms with van der Waals surface area (Å²) in [5.41, 5.74) is 9.85. The number of imidazole rings is 1. The predicted octanol–water partition coefficient (Wildman–Crippen LogP) is 1.72. The Labute approximate surface area is 116 Å². The van der Waals surface area contributed by atoms with Crippen molar-refractivity contribution < 1.29 is 4.74 Å². The van der Waals surface area contributed by atoms with Crippen LogP contribution in [0.2, 0.25) is 0 Å². The SMILES string of the molecule is COc1ccc(Cn2c(N)nc3c(C)nn(C)c32)cc1. The van der Waals surface area contributed by atoms with Gasteiger partial charge in [0.2, 0.25) is 5.95 Å². The van der Waals surface area contributed by atoms with Crippen LogP contribution in [0.3, 0.4) is 0 Å². The van der Waals surface area contributed by atoms with Gasteiger partial charge in [0.1, 0.15) is 11.3 Å². The molecule has 0 amide bonds. The maximum Gasteiger partial charge on any atom is 0.202 e. The summed E-state index contributed by atoms with van der Waals surface area (Å²) in [4.78, 5) is 4.40. The Morgan fingerprint density at radius 1 is 1.25 bits per heavy atom. The predicted molar refractivity (Wildman–Crippen MR) is 77.7 cm³/mol. The van der Waals surface area contributed by atoms with Gasteiger partial charge in [-0.05, 0) is 24.6 Å². The van der Waals surface area contributed by atoms with Crippen LogP contribution < -0.4 is 10.5 Å². The van der Waals surface area contributed by atoms with Crippen molar-refractivity contribution in [3.05, 3.63) is 35.5 Å². The topological polar surface area (TPSA) is 70.9 Å². The summed E-state index contributed by atoms with van der Waals surface area (Å²) in [7, 11) is 3.56. The van der Waals surface area contributed by atoms with E-state index in [1.165, 1.54) is 0 Å². The molecule has 0 saturated heterocycles. The van der Waals surface area contributed by atoms with Gasteiger partial charge >= 0.3 is 0 Å². The molecular weight excluding hydrogens is 254 g/mol. The minimum absolute atomic E-state index is 0.506. The summed E-state index contributed by atoms with van der Waals surface area (Å²) < 4.78 is 8.95. The van der Waals surface area contributed by atoms with Crippen LogP contribution in [0.4, 0.5) is 5.95 Å². The molecule has 2 N–H and O–H groups in total. The van der Waals surface area contributed by atoms with Crippen molar-refractivity contribution in [1.82, 2.24) is 19.3 Å². The highest BCUT2D eigenvalue weighted by Crippen LogP contribution is 2.22. The lowest BCUT2D eigenvalue weighted by Crippen LogP contribution is -2.08. The largest absolute Gasteiger partial charge is 0.497 e. The molecule has 0 aliphatic carbocycles. The molecule has 6 heteroatoms. The number of nitrogens with two attached hydrogens (primary N) is 1. The van der Waals surface area contributed by atoms with Crippen molar-refractivity contribution in [3.8, 4) is 5.75 Å². The Kier molecular flexibility index (Phi) is 2.85. The first-order chi connectivity index (χ1) is 9.60. The summed E-state index contributed by atoms with van der Waals surface area (Å²) in [5, 5.41) is 4.38. The molecule has 2 aromatic heterocycles. The van der Waals surface area contributed by atoms with Crippen LogP contribution in [0, 0.1) is 6.92 Å². The van der Waals surface area contributed by atoms with Gasteiger partial charge in [0.05, 0.1) is 19.3 Å². The zero-order valence-electron chi connectivity index (χ0n) is 11.8. The van der Waals surface area contributed by atoms with E-state index in [4.69, 9.17) is 10.5 Å². The Bertz CT molecular complexity index is 754. The maximum absolute atomic E-state index is 6.03. The second-order valence-electron chi connectivity index (χ2n) is 4.79. The fourth-order valence-corrected chi connectivity index (χ4v) is 2.42. The van der Waals surface area contributed by atoms with Gasteiger partial charge in [-0.2, -0.15) is 5.10 Å². The molecule has 3 aromatic rings. The average molecular weight is 271 g/mol. The van der Waals surface area contributed by atoms with Crippen LogP contribution in [-0.4, -0.2) is 26.4 Å². The molecule has 0 aliphatic heterocycles. The molecule has 0 spiro atoms. The Balaban J connectivity index is 2.03. The number of nitrogens with zero attached hydrogens (tertiary/aromatic N) is 4. The van der Waals surface area contributed by atoms with Gasteiger partial charge in [-0.3, -0.25) is 9.25 Å². The van der Waals surface area contributed by atoms with Crippen LogP contribution in [-0.2, 0) is 13.6 Å². The third-order valence-corrected chi connectivity index (χ3v) is 3.42. The van der Waals surface area contributed by atoms with E-state index in [0.717, 1.165) is 28.2 Å². The molecule has 3 rings (SSSR count). The fourth-order valence-electron chi connectivity index (χ4n) is 2.42. The number of methoxy groups -OCH3 is 1. The zero-order valence-corrected chi connectivity index (χ0v) is 11.8. The molecule has 0 fully saturated rings. The highest BCUT2D eigenvalue weighted by molar-refractivity contribution is 5.77. The van der Waals surface area contributed by atoms with Gasteiger partial charge in [-0.25, -0.2) is 4.98 Å². The number of hydrogen-bond acceptors (Lipinski definition) is 4. The molecule has 104 valence electrons. The van der Waals surface area contributed by atoms with E-state index in [1.54, 1.807) is 7.11 Å². The van der Waals surface area contributed by atoms with Gasteiger partial charge in [0.15, 0.2) is 5.65 Å². The lowest BCUT2D eigenvalue weighted by molar-refractivity contribution is 0.414. The van der Waals surface area contributed by atoms with Gasteiger partial charge in [0, 0.05) is 7.05 Å². The smallest absolute Gasteiger partial charge is 0.202 e. The second-order valence-corrected chi connectivity index (χ2v) is 4.79. The molecule has 0 saturated carbocycles. The molecule has 1 aromatic carbocycles. The molecule has 6 nitrogen and oxygen atoms in total. The van der Waals surface area contributed by atoms with Gasteiger partial charge < -0.3 is 10.5 Å². The van der Waals surface area contributed by atoms with Gasteiger partial charge in [-0.1, -0.05) is 12.1 Å². The molecule has 0 aliphatic rings. The molecule has 2 heterocycles. The third kappa shape index (κ3) is 1.89. The monoisotopic (exact) mass is 271 g/mol. The fraction of sp³-hybridized carbons (Fsp3) is 0.286. The second kappa shape index (κ2) is 4.56. The number of hydrogen-bond donors (Lipinski definition) is 1. The molecule has 0 atom stereocenters. The summed E-state index contributed by atoms with van der Waals surface area (Å²) in [6.07, 6.45) is 0. The lowest BCUT2D eigenvalue weighted by atomic mass is 10.2. The number of nitrogen functional groups attached to an aromatic ring is 1. The Hall–Kier alpha value is -2.50. The molecule has 0 bridgehead atoms. The average Bonchev–Trinajstić information content (AvgIpc) is 2.90. The van der Waals surface area contributed by atoms with Crippen LogP contribution in [0.15, 0.2) is 24.3 Å². The third-order valence-electron chi connectivity index (χ3n) is 3.42. The van der Waals surface area contributed by atoms with Crippen molar-refractivity contribution in [2.45, 2.75) is 13.5 Å². The number of aromatic nitrogens is 4. The number of anilines is 1. The molecule has 20 heavy (non-hydrogen) atoms. The number of rotatable bonds is 3. The zero-order chi connectivity index (χ0) is 14.3. The normalized spacial score (nSPS) is 11.2. The van der Waals surface area contributed by atoms with E-state index in [0.29, 0.717) is 12.5 Å². The quantitative estimate of drug-likeness (QED) is 0.787. The van der Waals surface area contributed by atoms with Crippen molar-refractivity contribution >= 4 is 17.1 Å². The summed E-state index contributed by atoms with van der Waals surface area (Å²) in [6.45, 7) is 2.60. The number of fused-ring (bicyclic) bond motifs is 1. The molecule has 0 unspecified atom stereocenters. The van der Waals surface area contributed by atoms with Gasteiger partial charge in [-0.15, -0.1) is 0 Å². The van der Waals surface area contributed by atoms with E-state index in [2.05, 4.69) is 10.1 Å². The maximum atomic E-state index is 6.03. The highest BCUT2D eigenvalue weighted by atomic mass is 16.5. The first kappa shape index (κ1) is 12.5. The van der Waals surface area contributed by atoms with Gasteiger partial charge in [0.25, 0.3) is 0 Å². The Morgan fingerprint density at radius 3 is 2.60 bits per heavy atom. The van der Waals surface area contributed by atoms with E-state index in [9.17, 15) is 0 Å². The first-order valence-corrected chi connectivity index (χ1v) is 6.38. The lowest BCUT2D eigenvalue weighted by Gasteiger charge is -2.08. The van der Waals surface area contributed by atoms with Crippen LogP contribution in [0.25, 0.3) is 11.2 Å².